The SMILES string of the molecule is CC(C)(C)[O-].CC1(C)c2ccccc2Oc2ccccc21.[K+]. The first kappa shape index (κ1) is 19.9. The summed E-state index contributed by atoms with van der Waals surface area (Å²) in [5, 5.41) is 10.1. The van der Waals surface area contributed by atoms with Crippen LogP contribution >= 0.6 is 0 Å². The van der Waals surface area contributed by atoms with Crippen LogP contribution in [0.15, 0.2) is 48.5 Å². The summed E-state index contributed by atoms with van der Waals surface area (Å²) < 4.78 is 5.91. The molecule has 1 aliphatic rings. The number of para-hydroxylation sites is 2. The van der Waals surface area contributed by atoms with Crippen molar-refractivity contribution in [3.63, 3.8) is 0 Å². The van der Waals surface area contributed by atoms with Gasteiger partial charge in [-0.1, -0.05) is 71.0 Å². The number of rotatable bonds is 0. The summed E-state index contributed by atoms with van der Waals surface area (Å²) >= 11 is 0. The van der Waals surface area contributed by atoms with Crippen molar-refractivity contribution >= 4 is 0 Å². The molecule has 0 saturated carbocycles. The van der Waals surface area contributed by atoms with E-state index in [1.165, 1.54) is 11.1 Å². The molecule has 0 aromatic heterocycles. The molecular weight excluding hydrogens is 299 g/mol. The number of ether oxygens (including phenoxy) is 1. The van der Waals surface area contributed by atoms with Crippen molar-refractivity contribution < 1.29 is 61.2 Å². The first-order valence-corrected chi connectivity index (χ1v) is 7.27. The fraction of sp³-hybridized carbons (Fsp3) is 0.368. The van der Waals surface area contributed by atoms with Crippen molar-refractivity contribution in [2.45, 2.75) is 45.6 Å². The summed E-state index contributed by atoms with van der Waals surface area (Å²) in [4.78, 5) is 0. The average Bonchev–Trinajstić information content (AvgIpc) is 2.37. The molecule has 0 amide bonds. The summed E-state index contributed by atoms with van der Waals surface area (Å²) in [7, 11) is 0. The van der Waals surface area contributed by atoms with Crippen molar-refractivity contribution in [3.8, 4) is 11.5 Å². The molecule has 2 nitrogen and oxygen atoms in total. The molecule has 0 spiro atoms. The Balaban J connectivity index is 0.000000356. The molecule has 22 heavy (non-hydrogen) atoms. The van der Waals surface area contributed by atoms with Crippen LogP contribution in [0.1, 0.15) is 45.7 Å². The second-order valence-corrected chi connectivity index (χ2v) is 6.83. The Morgan fingerprint density at radius 1 is 0.818 bits per heavy atom. The van der Waals surface area contributed by atoms with Gasteiger partial charge in [-0.25, -0.2) is 0 Å². The van der Waals surface area contributed by atoms with E-state index in [0.29, 0.717) is 0 Å². The summed E-state index contributed by atoms with van der Waals surface area (Å²) in [6, 6.07) is 16.5. The van der Waals surface area contributed by atoms with Crippen LogP contribution in [0.3, 0.4) is 0 Å². The van der Waals surface area contributed by atoms with Gasteiger partial charge in [-0.3, -0.25) is 0 Å². The van der Waals surface area contributed by atoms with Gasteiger partial charge in [-0.05, 0) is 12.1 Å². The van der Waals surface area contributed by atoms with Gasteiger partial charge in [-0.15, -0.1) is 5.60 Å². The van der Waals surface area contributed by atoms with Crippen molar-refractivity contribution in [2.75, 3.05) is 0 Å². The molecule has 0 unspecified atom stereocenters. The summed E-state index contributed by atoms with van der Waals surface area (Å²) in [6.45, 7) is 9.38. The van der Waals surface area contributed by atoms with E-state index in [4.69, 9.17) is 4.74 Å². The zero-order valence-electron chi connectivity index (χ0n) is 14.4. The molecule has 3 heteroatoms. The van der Waals surface area contributed by atoms with Crippen molar-refractivity contribution in [3.05, 3.63) is 59.7 Å². The zero-order chi connectivity index (χ0) is 15.7. The van der Waals surface area contributed by atoms with Crippen molar-refractivity contribution in [1.29, 1.82) is 0 Å². The minimum Gasteiger partial charge on any atom is -0.850 e. The Kier molecular flexibility index (Phi) is 6.87. The van der Waals surface area contributed by atoms with E-state index in [-0.39, 0.29) is 56.8 Å². The molecule has 0 saturated heterocycles. The Bertz CT molecular complexity index is 574. The Morgan fingerprint density at radius 2 is 1.14 bits per heavy atom. The molecule has 0 fully saturated rings. The predicted octanol–water partition coefficient (Wildman–Crippen LogP) is 1.27. The van der Waals surface area contributed by atoms with Crippen LogP contribution in [0.2, 0.25) is 0 Å². The molecule has 112 valence electrons. The molecule has 0 atom stereocenters. The second-order valence-electron chi connectivity index (χ2n) is 6.83. The van der Waals surface area contributed by atoms with E-state index in [0.717, 1.165) is 11.5 Å². The van der Waals surface area contributed by atoms with Crippen molar-refractivity contribution in [1.82, 2.24) is 0 Å². The molecule has 0 N–H and O–H groups in total. The fourth-order valence-electron chi connectivity index (χ4n) is 2.41. The number of hydrogen-bond acceptors (Lipinski definition) is 2. The van der Waals surface area contributed by atoms with E-state index >= 15 is 0 Å². The molecule has 2 aromatic carbocycles. The van der Waals surface area contributed by atoms with Crippen LogP contribution in [0.4, 0.5) is 0 Å². The van der Waals surface area contributed by atoms with Crippen LogP contribution < -0.4 is 61.2 Å². The normalized spacial score (nSPS) is 14.3. The number of fused-ring (bicyclic) bond motifs is 2. The Morgan fingerprint density at radius 3 is 1.50 bits per heavy atom. The second kappa shape index (κ2) is 7.60. The Labute approximate surface area is 176 Å². The van der Waals surface area contributed by atoms with Crippen LogP contribution in [0.25, 0.3) is 0 Å². The van der Waals surface area contributed by atoms with Crippen LogP contribution in [-0.2, 0) is 5.41 Å². The quantitative estimate of drug-likeness (QED) is 0.684. The molecule has 0 aliphatic carbocycles. The smallest absolute Gasteiger partial charge is 0.850 e. The molecule has 1 heterocycles. The summed E-state index contributed by atoms with van der Waals surface area (Å²) in [5.74, 6) is 1.96. The van der Waals surface area contributed by atoms with Gasteiger partial charge in [-0.2, -0.15) is 0 Å². The number of benzene rings is 2. The van der Waals surface area contributed by atoms with E-state index in [1.807, 2.05) is 24.3 Å². The first-order chi connectivity index (χ1) is 9.69. The van der Waals surface area contributed by atoms with Gasteiger partial charge in [0, 0.05) is 16.5 Å². The van der Waals surface area contributed by atoms with E-state index in [2.05, 4.69) is 38.1 Å². The third-order valence-electron chi connectivity index (χ3n) is 3.34. The molecule has 0 radical (unpaired) electrons. The van der Waals surface area contributed by atoms with E-state index < -0.39 is 5.60 Å². The van der Waals surface area contributed by atoms with E-state index in [1.54, 1.807) is 20.8 Å². The topological polar surface area (TPSA) is 32.3 Å². The maximum absolute atomic E-state index is 10.1. The molecule has 0 bridgehead atoms. The predicted molar refractivity (Wildman–Crippen MR) is 84.8 cm³/mol. The van der Waals surface area contributed by atoms with Crippen LogP contribution in [0.5, 0.6) is 11.5 Å². The maximum atomic E-state index is 10.1. The third kappa shape index (κ3) is 4.92. The molecular formula is C19H23KO2. The van der Waals surface area contributed by atoms with Gasteiger partial charge >= 0.3 is 51.4 Å². The van der Waals surface area contributed by atoms with Gasteiger partial charge in [0.25, 0.3) is 0 Å². The minimum absolute atomic E-state index is 0. The van der Waals surface area contributed by atoms with Crippen LogP contribution in [0, 0.1) is 0 Å². The van der Waals surface area contributed by atoms with E-state index in [9.17, 15) is 5.11 Å². The standard InChI is InChI=1S/C15H14O.C4H9O.K/c1-15(2)11-7-3-5-9-13(11)16-14-10-6-4-8-12(14)15;1-4(2,3)5;/h3-10H,1-2H3;1-3H3;/q;-1;+1. The van der Waals surface area contributed by atoms with Gasteiger partial charge in [0.15, 0.2) is 0 Å². The van der Waals surface area contributed by atoms with Gasteiger partial charge in [0.05, 0.1) is 0 Å². The number of hydrogen-bond donors (Lipinski definition) is 0. The zero-order valence-corrected chi connectivity index (χ0v) is 17.6. The van der Waals surface area contributed by atoms with Crippen LogP contribution in [-0.4, -0.2) is 5.60 Å². The van der Waals surface area contributed by atoms with Gasteiger partial charge in [0.1, 0.15) is 11.5 Å². The summed E-state index contributed by atoms with van der Waals surface area (Å²) in [6.07, 6.45) is 0. The molecule has 2 aromatic rings. The van der Waals surface area contributed by atoms with Crippen molar-refractivity contribution in [2.24, 2.45) is 0 Å². The Hall–Kier alpha value is -0.164. The minimum atomic E-state index is -0.750. The largest absolute Gasteiger partial charge is 1.00 e. The van der Waals surface area contributed by atoms with Gasteiger partial charge < -0.3 is 9.84 Å². The average molecular weight is 322 g/mol. The maximum Gasteiger partial charge on any atom is 1.00 e. The van der Waals surface area contributed by atoms with Gasteiger partial charge in [0.2, 0.25) is 0 Å². The first-order valence-electron chi connectivity index (χ1n) is 7.27. The fourth-order valence-corrected chi connectivity index (χ4v) is 2.41. The molecule has 1 aliphatic heterocycles. The third-order valence-corrected chi connectivity index (χ3v) is 3.34. The summed E-state index contributed by atoms with van der Waals surface area (Å²) in [5.41, 5.74) is 1.79. The monoisotopic (exact) mass is 322 g/mol. The molecule has 3 rings (SSSR count).